The van der Waals surface area contributed by atoms with Gasteiger partial charge < -0.3 is 20.2 Å². The highest BCUT2D eigenvalue weighted by molar-refractivity contribution is 7.46. The zero-order valence-corrected chi connectivity index (χ0v) is 44.6. The van der Waals surface area contributed by atoms with Crippen LogP contribution >= 0.6 is 7.82 Å². The summed E-state index contributed by atoms with van der Waals surface area (Å²) in [4.78, 5) is 31.1. The van der Waals surface area contributed by atoms with Crippen molar-refractivity contribution >= 4 is 13.7 Å². The molecule has 0 aliphatic rings. The third kappa shape index (κ3) is 54.1. The van der Waals surface area contributed by atoms with Crippen LogP contribution in [0.5, 0.6) is 0 Å². The van der Waals surface area contributed by atoms with Crippen LogP contribution < -0.4 is 5.32 Å². The van der Waals surface area contributed by atoms with Crippen LogP contribution in [0.3, 0.4) is 0 Å². The molecule has 4 N–H and O–H groups in total. The summed E-state index contributed by atoms with van der Waals surface area (Å²) in [6.45, 7) is 4.12. The lowest BCUT2D eigenvalue weighted by atomic mass is 10.0. The maximum atomic E-state index is 12.7. The van der Waals surface area contributed by atoms with Gasteiger partial charge in [0.15, 0.2) is 0 Å². The molecule has 0 aliphatic carbocycles. The van der Waals surface area contributed by atoms with Crippen LogP contribution in [-0.4, -0.2) is 39.6 Å². The topological polar surface area (TPSA) is 116 Å². The second-order valence-corrected chi connectivity index (χ2v) is 21.6. The van der Waals surface area contributed by atoms with Gasteiger partial charge in [0.1, 0.15) is 0 Å². The van der Waals surface area contributed by atoms with Crippen LogP contribution in [0.25, 0.3) is 0 Å². The molecule has 0 aromatic carbocycles. The molecule has 2 atom stereocenters. The number of aliphatic hydroxyl groups excluding tert-OH is 1. The number of carbonyl (C=O) groups is 1. The van der Waals surface area contributed by atoms with Gasteiger partial charge in [0, 0.05) is 6.42 Å². The van der Waals surface area contributed by atoms with Gasteiger partial charge in [-0.1, -0.05) is 315 Å². The first-order valence-electron chi connectivity index (χ1n) is 29.1. The van der Waals surface area contributed by atoms with Crippen LogP contribution in [0.1, 0.15) is 328 Å². The molecular weight excluding hydrogens is 826 g/mol. The van der Waals surface area contributed by atoms with Crippen LogP contribution in [0.4, 0.5) is 0 Å². The number of amides is 1. The van der Waals surface area contributed by atoms with Crippen LogP contribution in [0.2, 0.25) is 0 Å². The number of hydrogen-bond acceptors (Lipinski definition) is 4. The van der Waals surface area contributed by atoms with E-state index in [0.717, 1.165) is 38.5 Å². The Bertz CT molecular complexity index is 1020. The Morgan fingerprint density at radius 2 is 0.677 bits per heavy atom. The molecule has 0 aliphatic heterocycles. The van der Waals surface area contributed by atoms with Crippen molar-refractivity contribution in [2.45, 2.75) is 341 Å². The third-order valence-electron chi connectivity index (χ3n) is 13.7. The third-order valence-corrected chi connectivity index (χ3v) is 14.2. The van der Waals surface area contributed by atoms with E-state index in [4.69, 9.17) is 0 Å². The Morgan fingerprint density at radius 1 is 0.431 bits per heavy atom. The monoisotopic (exact) mass is 940 g/mol. The smallest absolute Gasteiger partial charge is 0.387 e. The van der Waals surface area contributed by atoms with Gasteiger partial charge in [-0.25, -0.2) is 4.57 Å². The Hall–Kier alpha value is -0.720. The van der Waals surface area contributed by atoms with E-state index in [9.17, 15) is 24.3 Å². The Labute approximate surface area is 405 Å². The van der Waals surface area contributed by atoms with Gasteiger partial charge in [-0.05, 0) is 19.3 Å². The van der Waals surface area contributed by atoms with Gasteiger partial charge in [0.25, 0.3) is 0 Å². The van der Waals surface area contributed by atoms with E-state index in [1.54, 1.807) is 6.08 Å². The zero-order valence-electron chi connectivity index (χ0n) is 43.7. The average Bonchev–Trinajstić information content (AvgIpc) is 3.28. The molecule has 0 aromatic rings. The van der Waals surface area contributed by atoms with Crippen LogP contribution in [0.15, 0.2) is 12.2 Å². The van der Waals surface area contributed by atoms with E-state index in [0.29, 0.717) is 6.42 Å². The molecule has 0 unspecified atom stereocenters. The maximum Gasteiger partial charge on any atom is 0.469 e. The number of hydrogen-bond donors (Lipinski definition) is 4. The minimum Gasteiger partial charge on any atom is -0.387 e. The summed E-state index contributed by atoms with van der Waals surface area (Å²) in [5.74, 6) is -0.218. The summed E-state index contributed by atoms with van der Waals surface area (Å²) in [6, 6.07) is -0.907. The zero-order chi connectivity index (χ0) is 47.4. The molecule has 0 heterocycles. The first-order valence-corrected chi connectivity index (χ1v) is 30.7. The normalized spacial score (nSPS) is 13.0. The summed E-state index contributed by atoms with van der Waals surface area (Å²) in [5, 5.41) is 13.5. The van der Waals surface area contributed by atoms with Crippen molar-refractivity contribution in [2.24, 2.45) is 0 Å². The molecule has 7 nitrogen and oxygen atoms in total. The molecule has 0 radical (unpaired) electrons. The number of carbonyl (C=O) groups excluding carboxylic acids is 1. The molecule has 0 saturated carbocycles. The number of phosphoric acid groups is 1. The number of rotatable bonds is 55. The van der Waals surface area contributed by atoms with Crippen molar-refractivity contribution in [3.05, 3.63) is 12.2 Å². The van der Waals surface area contributed by atoms with Gasteiger partial charge in [-0.2, -0.15) is 0 Å². The SMILES string of the molecule is CCCCCCCCCCCCCCCC/C=C/[C@@H](O)[C@H](COP(=O)(O)O)NC(=O)CCCCCCCCCCCCCCCCCCCCCCCCCCCCCCCCCCC. The number of aliphatic hydroxyl groups is 1. The predicted molar refractivity (Wildman–Crippen MR) is 283 cm³/mol. The van der Waals surface area contributed by atoms with Crippen molar-refractivity contribution in [3.63, 3.8) is 0 Å². The lowest BCUT2D eigenvalue weighted by Crippen LogP contribution is -2.45. The summed E-state index contributed by atoms with van der Waals surface area (Å²) >= 11 is 0. The second kappa shape index (κ2) is 52.6. The number of nitrogens with one attached hydrogen (secondary N) is 1. The van der Waals surface area contributed by atoms with Gasteiger partial charge in [0.2, 0.25) is 5.91 Å². The van der Waals surface area contributed by atoms with E-state index in [-0.39, 0.29) is 5.91 Å². The Kier molecular flexibility index (Phi) is 52.1. The Morgan fingerprint density at radius 3 is 0.938 bits per heavy atom. The quantitative estimate of drug-likeness (QED) is 0.0274. The highest BCUT2D eigenvalue weighted by Crippen LogP contribution is 2.36. The Balaban J connectivity index is 3.65. The van der Waals surface area contributed by atoms with Crippen molar-refractivity contribution in [2.75, 3.05) is 6.61 Å². The minimum atomic E-state index is -4.72. The summed E-state index contributed by atoms with van der Waals surface area (Å²) in [7, 11) is -4.72. The van der Waals surface area contributed by atoms with Crippen molar-refractivity contribution in [1.29, 1.82) is 0 Å². The van der Waals surface area contributed by atoms with Crippen molar-refractivity contribution in [1.82, 2.24) is 5.32 Å². The largest absolute Gasteiger partial charge is 0.469 e. The average molecular weight is 941 g/mol. The molecule has 0 saturated heterocycles. The maximum absolute atomic E-state index is 12.7. The van der Waals surface area contributed by atoms with Gasteiger partial charge >= 0.3 is 7.82 Å². The van der Waals surface area contributed by atoms with E-state index in [2.05, 4.69) is 23.7 Å². The molecule has 0 spiro atoms. The van der Waals surface area contributed by atoms with E-state index in [1.807, 2.05) is 6.08 Å². The molecule has 8 heteroatoms. The fraction of sp³-hybridized carbons (Fsp3) is 0.947. The van der Waals surface area contributed by atoms with E-state index < -0.39 is 26.6 Å². The molecule has 1 amide bonds. The van der Waals surface area contributed by atoms with Gasteiger partial charge in [0.05, 0.1) is 18.8 Å². The first-order chi connectivity index (χ1) is 31.8. The van der Waals surface area contributed by atoms with E-state index >= 15 is 0 Å². The van der Waals surface area contributed by atoms with Gasteiger partial charge in [-0.15, -0.1) is 0 Å². The predicted octanol–water partition coefficient (Wildman–Crippen LogP) is 18.7. The molecule has 65 heavy (non-hydrogen) atoms. The highest BCUT2D eigenvalue weighted by atomic mass is 31.2. The lowest BCUT2D eigenvalue weighted by Gasteiger charge is -2.22. The summed E-state index contributed by atoms with van der Waals surface area (Å²) in [5.41, 5.74) is 0. The number of unbranched alkanes of at least 4 members (excludes halogenated alkanes) is 46. The van der Waals surface area contributed by atoms with Crippen molar-refractivity contribution in [3.8, 4) is 0 Å². The fourth-order valence-corrected chi connectivity index (χ4v) is 9.70. The highest BCUT2D eigenvalue weighted by Gasteiger charge is 2.24. The fourth-order valence-electron chi connectivity index (χ4n) is 9.35. The molecule has 0 bridgehead atoms. The van der Waals surface area contributed by atoms with Crippen LogP contribution in [-0.2, 0) is 13.9 Å². The molecule has 0 rings (SSSR count). The number of allylic oxidation sites excluding steroid dienone is 1. The molecule has 0 fully saturated rings. The second-order valence-electron chi connectivity index (χ2n) is 20.3. The van der Waals surface area contributed by atoms with E-state index in [1.165, 1.54) is 270 Å². The lowest BCUT2D eigenvalue weighted by molar-refractivity contribution is -0.123. The minimum absolute atomic E-state index is 0.218. The molecule has 388 valence electrons. The van der Waals surface area contributed by atoms with Gasteiger partial charge in [-0.3, -0.25) is 9.32 Å². The summed E-state index contributed by atoms with van der Waals surface area (Å²) < 4.78 is 16.0. The van der Waals surface area contributed by atoms with Crippen LogP contribution in [0, 0.1) is 0 Å². The molecule has 0 aromatic heterocycles. The summed E-state index contributed by atoms with van der Waals surface area (Å²) in [6.07, 6.45) is 67.2. The first kappa shape index (κ1) is 64.3. The standard InChI is InChI=1S/C57H114NO6P/c1-3-5-7-9-11-13-15-17-19-21-22-23-24-25-26-27-28-29-30-31-32-33-34-35-36-37-39-41-43-45-47-49-51-53-57(60)58-55(54-64-65(61,62)63)56(59)52-50-48-46-44-42-40-38-20-18-16-14-12-10-8-6-4-2/h50,52,55-56,59H,3-49,51,53-54H2,1-2H3,(H,58,60)(H2,61,62,63)/b52-50+/t55-,56+/m0/s1. The molecular formula is C57H114NO6P. The van der Waals surface area contributed by atoms with Crippen molar-refractivity contribution < 1.29 is 28.8 Å². The number of phosphoric ester groups is 1.